The predicted octanol–water partition coefficient (Wildman–Crippen LogP) is 3.61. The van der Waals surface area contributed by atoms with E-state index in [0.717, 1.165) is 6.07 Å². The first-order chi connectivity index (χ1) is 12.3. The molecule has 0 fully saturated rings. The van der Waals surface area contributed by atoms with Gasteiger partial charge in [-0.2, -0.15) is 21.6 Å². The van der Waals surface area contributed by atoms with Gasteiger partial charge in [0.05, 0.1) is 5.69 Å². The summed E-state index contributed by atoms with van der Waals surface area (Å²) in [5.41, 5.74) is -6.27. The Morgan fingerprint density at radius 2 is 1.68 bits per heavy atom. The molecule has 28 heavy (non-hydrogen) atoms. The molecule has 0 saturated carbocycles. The lowest BCUT2D eigenvalue weighted by molar-refractivity contribution is -0.125. The van der Waals surface area contributed by atoms with Gasteiger partial charge in [0.2, 0.25) is 13.4 Å². The van der Waals surface area contributed by atoms with Crippen molar-refractivity contribution in [2.75, 3.05) is 11.2 Å². The topological polar surface area (TPSA) is 83.9 Å². The van der Waals surface area contributed by atoms with Crippen LogP contribution in [0.1, 0.15) is 41.5 Å². The molecule has 0 bridgehead atoms. The molecule has 1 amide bonds. The average molecular weight is 442 g/mol. The minimum atomic E-state index is -5.93. The van der Waals surface area contributed by atoms with Crippen LogP contribution in [0.5, 0.6) is 5.75 Å². The molecule has 0 radical (unpaired) electrons. The highest BCUT2D eigenvalue weighted by Crippen LogP contribution is 2.70. The highest BCUT2D eigenvalue weighted by molar-refractivity contribution is 7.88. The van der Waals surface area contributed by atoms with E-state index < -0.39 is 39.4 Å². The fourth-order valence-corrected chi connectivity index (χ4v) is 6.33. The number of rotatable bonds is 2. The number of carbonyl (C=O) groups is 1. The van der Waals surface area contributed by atoms with Crippen molar-refractivity contribution < 1.29 is 35.5 Å². The molecule has 1 aromatic rings. The fourth-order valence-electron chi connectivity index (χ4n) is 2.81. The maximum absolute atomic E-state index is 12.9. The molecule has 1 aromatic carbocycles. The molecule has 1 heterocycles. The lowest BCUT2D eigenvalue weighted by Gasteiger charge is -2.30. The Morgan fingerprint density at radius 1 is 1.14 bits per heavy atom. The Kier molecular flexibility index (Phi) is 5.37. The van der Waals surface area contributed by atoms with E-state index >= 15 is 0 Å². The minimum absolute atomic E-state index is 0.0482. The van der Waals surface area contributed by atoms with Crippen molar-refractivity contribution in [3.63, 3.8) is 0 Å². The van der Waals surface area contributed by atoms with Crippen LogP contribution in [0.3, 0.4) is 0 Å². The monoisotopic (exact) mass is 442 g/mol. The molecule has 1 aliphatic rings. The van der Waals surface area contributed by atoms with Gasteiger partial charge in [-0.1, -0.05) is 26.8 Å². The number of amides is 1. The predicted molar refractivity (Wildman–Crippen MR) is 102 cm³/mol. The van der Waals surface area contributed by atoms with Gasteiger partial charge in [-0.15, -0.1) is 0 Å². The summed E-state index contributed by atoms with van der Waals surface area (Å²) in [7, 11) is -9.23. The molecule has 0 aliphatic carbocycles. The molecule has 2 rings (SSSR count). The Morgan fingerprint density at radius 3 is 2.11 bits per heavy atom. The van der Waals surface area contributed by atoms with Crippen molar-refractivity contribution in [2.45, 2.75) is 52.2 Å². The van der Waals surface area contributed by atoms with Crippen molar-refractivity contribution in [1.29, 1.82) is 0 Å². The molecule has 1 N–H and O–H groups in total. The third kappa shape index (κ3) is 3.74. The van der Waals surface area contributed by atoms with Gasteiger partial charge in [0.25, 0.3) is 0 Å². The second-order valence-electron chi connectivity index (χ2n) is 8.67. The number of nitrogens with zero attached hydrogens (tertiary/aromatic N) is 1. The zero-order valence-electron chi connectivity index (χ0n) is 16.5. The van der Waals surface area contributed by atoms with E-state index in [4.69, 9.17) is 0 Å². The Hall–Kier alpha value is -1.38. The summed E-state index contributed by atoms with van der Waals surface area (Å²) in [4.78, 5) is 25.7. The molecule has 6 nitrogen and oxygen atoms in total. The van der Waals surface area contributed by atoms with Crippen LogP contribution in [0.25, 0.3) is 0 Å². The molecule has 0 saturated heterocycles. The van der Waals surface area contributed by atoms with Gasteiger partial charge in [0, 0.05) is 5.41 Å². The summed E-state index contributed by atoms with van der Waals surface area (Å²) in [6.45, 7) is 10.1. The first-order valence-electron chi connectivity index (χ1n) is 8.40. The van der Waals surface area contributed by atoms with Crippen LogP contribution in [-0.2, 0) is 14.9 Å². The normalized spacial score (nSPS) is 20.9. The first-order valence-corrected chi connectivity index (χ1v) is 11.7. The number of carbonyl (C=O) groups excluding carboxylic acids is 1. The zero-order chi connectivity index (χ0) is 21.9. The van der Waals surface area contributed by atoms with E-state index in [0.29, 0.717) is 0 Å². The van der Waals surface area contributed by atoms with Crippen molar-refractivity contribution >= 4 is 34.5 Å². The zero-order valence-corrected chi connectivity index (χ0v) is 18.2. The highest BCUT2D eigenvalue weighted by atomic mass is 32.2. The number of hydrogen-bond donors (Lipinski definition) is 1. The largest absolute Gasteiger partial charge is 0.534 e. The van der Waals surface area contributed by atoms with Gasteiger partial charge in [-0.25, -0.2) is 4.89 Å². The molecular formula is C17H24F3NO5PS+. The number of fused-ring (bicyclic) bond motifs is 1. The average Bonchev–Trinajstić information content (AvgIpc) is 2.79. The van der Waals surface area contributed by atoms with Crippen LogP contribution in [0.15, 0.2) is 18.2 Å². The molecule has 1 atom stereocenters. The van der Waals surface area contributed by atoms with Crippen LogP contribution in [0.2, 0.25) is 0 Å². The second-order valence-corrected chi connectivity index (χ2v) is 13.8. The van der Waals surface area contributed by atoms with E-state index in [9.17, 15) is 31.3 Å². The van der Waals surface area contributed by atoms with E-state index in [-0.39, 0.29) is 23.2 Å². The van der Waals surface area contributed by atoms with Crippen LogP contribution in [0, 0.1) is 5.41 Å². The van der Waals surface area contributed by atoms with E-state index in [1.807, 2.05) is 0 Å². The molecular weight excluding hydrogens is 418 g/mol. The second kappa shape index (κ2) is 6.57. The number of hydrogen-bond acceptors (Lipinski definition) is 5. The van der Waals surface area contributed by atoms with E-state index in [2.05, 4.69) is 4.18 Å². The summed E-state index contributed by atoms with van der Waals surface area (Å²) in [5, 5.41) is -0.885. The summed E-state index contributed by atoms with van der Waals surface area (Å²) in [5.74, 6) is -0.949. The van der Waals surface area contributed by atoms with Gasteiger partial charge in [-0.05, 0) is 32.9 Å². The SMILES string of the molecule is CC(C)(C)C(=O)N1C[P+](O)(C(C)(C)C)c2c(OS(=O)(=O)C(F)(F)F)cccc21. The van der Waals surface area contributed by atoms with Crippen molar-refractivity contribution in [3.05, 3.63) is 18.2 Å². The molecule has 1 aliphatic heterocycles. The summed E-state index contributed by atoms with van der Waals surface area (Å²) >= 11 is 0. The van der Waals surface area contributed by atoms with Crippen LogP contribution < -0.4 is 14.4 Å². The smallest absolute Gasteiger partial charge is 0.372 e. The van der Waals surface area contributed by atoms with E-state index in [1.54, 1.807) is 41.5 Å². The Labute approximate surface area is 163 Å². The van der Waals surface area contributed by atoms with Gasteiger partial charge < -0.3 is 4.18 Å². The van der Waals surface area contributed by atoms with Gasteiger partial charge in [0.15, 0.2) is 17.3 Å². The minimum Gasteiger partial charge on any atom is -0.372 e. The van der Waals surface area contributed by atoms with Crippen LogP contribution in [0.4, 0.5) is 18.9 Å². The van der Waals surface area contributed by atoms with Crippen molar-refractivity contribution in [1.82, 2.24) is 0 Å². The van der Waals surface area contributed by atoms with Crippen LogP contribution >= 0.6 is 7.49 Å². The first kappa shape index (κ1) is 22.9. The molecule has 1 unspecified atom stereocenters. The number of benzene rings is 1. The third-order valence-electron chi connectivity index (χ3n) is 4.46. The maximum Gasteiger partial charge on any atom is 0.534 e. The summed E-state index contributed by atoms with van der Waals surface area (Å²) in [6, 6.07) is 3.82. The van der Waals surface area contributed by atoms with E-state index in [1.165, 1.54) is 17.0 Å². The maximum atomic E-state index is 12.9. The molecule has 0 aromatic heterocycles. The van der Waals surface area contributed by atoms with Crippen LogP contribution in [-0.4, -0.2) is 36.2 Å². The van der Waals surface area contributed by atoms with Gasteiger partial charge in [-0.3, -0.25) is 9.69 Å². The lowest BCUT2D eigenvalue weighted by atomic mass is 9.95. The third-order valence-corrected chi connectivity index (χ3v) is 9.53. The number of alkyl halides is 3. The highest BCUT2D eigenvalue weighted by Gasteiger charge is 2.62. The summed E-state index contributed by atoms with van der Waals surface area (Å²) in [6.07, 6.45) is -0.131. The quantitative estimate of drug-likeness (QED) is 0.430. The lowest BCUT2D eigenvalue weighted by Crippen LogP contribution is -2.39. The van der Waals surface area contributed by atoms with Crippen molar-refractivity contribution in [2.24, 2.45) is 5.41 Å². The van der Waals surface area contributed by atoms with Gasteiger partial charge in [0.1, 0.15) is 5.16 Å². The fraction of sp³-hybridized carbons (Fsp3) is 0.588. The molecule has 11 heteroatoms. The Balaban J connectivity index is 2.74. The molecule has 158 valence electrons. The summed E-state index contributed by atoms with van der Waals surface area (Å²) < 4.78 is 66.0. The number of halogens is 3. The standard InChI is InChI=1S/C17H24F3NO5PS/c1-15(2,3)14(22)21-10-27(23,16(4,5)6)13-11(21)8-7-9-12(13)26-28(24,25)17(18,19)20/h7-9,23H,10H2,1-6H3/q+1. The molecule has 0 spiro atoms. The van der Waals surface area contributed by atoms with Gasteiger partial charge >= 0.3 is 15.6 Å². The Bertz CT molecular complexity index is 903. The van der Waals surface area contributed by atoms with Crippen molar-refractivity contribution in [3.8, 4) is 5.75 Å². The number of anilines is 1.